The second kappa shape index (κ2) is 11.7. The number of nitrogens with zero attached hydrogens (tertiary/aromatic N) is 4. The van der Waals surface area contributed by atoms with Gasteiger partial charge in [-0.25, -0.2) is 4.68 Å². The SMILES string of the molecule is O=C(Nc1ccn(CCCO)n1)C(CC1CCCC1)n1ncc(Oc2cccc(Cl)c2Cl)cc1=O. The lowest BCUT2D eigenvalue weighted by Crippen LogP contribution is -2.36. The van der Waals surface area contributed by atoms with Crippen LogP contribution in [0.1, 0.15) is 44.6 Å². The fourth-order valence-electron chi connectivity index (χ4n) is 4.26. The van der Waals surface area contributed by atoms with Gasteiger partial charge < -0.3 is 15.2 Å². The number of benzene rings is 1. The molecule has 11 heteroatoms. The summed E-state index contributed by atoms with van der Waals surface area (Å²) in [6, 6.07) is 7.12. The number of rotatable bonds is 10. The van der Waals surface area contributed by atoms with Gasteiger partial charge in [0.15, 0.2) is 11.6 Å². The van der Waals surface area contributed by atoms with Gasteiger partial charge in [-0.15, -0.1) is 0 Å². The number of halogens is 2. The average Bonchev–Trinajstić information content (AvgIpc) is 3.52. The summed E-state index contributed by atoms with van der Waals surface area (Å²) >= 11 is 12.2. The molecular formula is C24H27Cl2N5O4. The monoisotopic (exact) mass is 519 g/mol. The predicted molar refractivity (Wildman–Crippen MR) is 133 cm³/mol. The maximum absolute atomic E-state index is 13.3. The summed E-state index contributed by atoms with van der Waals surface area (Å²) in [5.41, 5.74) is -0.465. The summed E-state index contributed by atoms with van der Waals surface area (Å²) < 4.78 is 8.55. The van der Waals surface area contributed by atoms with Crippen LogP contribution in [0.5, 0.6) is 11.5 Å². The van der Waals surface area contributed by atoms with E-state index < -0.39 is 11.6 Å². The van der Waals surface area contributed by atoms with E-state index in [-0.39, 0.29) is 23.3 Å². The molecule has 35 heavy (non-hydrogen) atoms. The van der Waals surface area contributed by atoms with Gasteiger partial charge in [0.1, 0.15) is 16.8 Å². The van der Waals surface area contributed by atoms with Gasteiger partial charge in [-0.2, -0.15) is 10.2 Å². The molecule has 0 aliphatic heterocycles. The average molecular weight is 520 g/mol. The highest BCUT2D eigenvalue weighted by Gasteiger charge is 2.29. The quantitative estimate of drug-likeness (QED) is 0.402. The number of hydrogen-bond donors (Lipinski definition) is 2. The zero-order chi connectivity index (χ0) is 24.8. The number of ether oxygens (including phenoxy) is 1. The molecule has 186 valence electrons. The van der Waals surface area contributed by atoms with Gasteiger partial charge in [0, 0.05) is 31.5 Å². The first-order chi connectivity index (χ1) is 16.9. The molecule has 1 fully saturated rings. The molecule has 2 heterocycles. The first-order valence-corrected chi connectivity index (χ1v) is 12.4. The van der Waals surface area contributed by atoms with Crippen molar-refractivity contribution in [3.05, 3.63) is 63.1 Å². The van der Waals surface area contributed by atoms with Gasteiger partial charge in [-0.3, -0.25) is 14.3 Å². The number of carbonyl (C=O) groups is 1. The number of nitrogens with one attached hydrogen (secondary N) is 1. The van der Waals surface area contributed by atoms with Crippen LogP contribution in [-0.4, -0.2) is 37.2 Å². The van der Waals surface area contributed by atoms with Crippen molar-refractivity contribution in [3.8, 4) is 11.5 Å². The lowest BCUT2D eigenvalue weighted by molar-refractivity contribution is -0.120. The van der Waals surface area contributed by atoms with Gasteiger partial charge in [-0.1, -0.05) is 55.0 Å². The van der Waals surface area contributed by atoms with Crippen molar-refractivity contribution in [2.24, 2.45) is 5.92 Å². The van der Waals surface area contributed by atoms with Crippen LogP contribution < -0.4 is 15.6 Å². The van der Waals surface area contributed by atoms with Crippen molar-refractivity contribution in [1.29, 1.82) is 0 Å². The zero-order valence-corrected chi connectivity index (χ0v) is 20.6. The lowest BCUT2D eigenvalue weighted by Gasteiger charge is -2.21. The fourth-order valence-corrected chi connectivity index (χ4v) is 4.59. The Kier molecular flexibility index (Phi) is 8.43. The molecule has 2 N–H and O–H groups in total. The molecule has 1 saturated carbocycles. The second-order valence-electron chi connectivity index (χ2n) is 8.56. The molecule has 4 rings (SSSR count). The van der Waals surface area contributed by atoms with E-state index in [9.17, 15) is 9.59 Å². The van der Waals surface area contributed by atoms with Crippen LogP contribution in [0.2, 0.25) is 10.0 Å². The summed E-state index contributed by atoms with van der Waals surface area (Å²) in [5, 5.41) is 21.0. The molecule has 0 saturated heterocycles. The maximum Gasteiger partial charge on any atom is 0.271 e. The number of aromatic nitrogens is 4. The van der Waals surface area contributed by atoms with Crippen molar-refractivity contribution >= 4 is 34.9 Å². The van der Waals surface area contributed by atoms with Crippen molar-refractivity contribution < 1.29 is 14.6 Å². The number of aliphatic hydroxyl groups excluding tert-OH is 1. The van der Waals surface area contributed by atoms with E-state index in [1.165, 1.54) is 16.9 Å². The topological polar surface area (TPSA) is 111 Å². The third kappa shape index (κ3) is 6.42. The minimum atomic E-state index is -0.794. The molecular weight excluding hydrogens is 493 g/mol. The summed E-state index contributed by atoms with van der Waals surface area (Å²) in [5.74, 6) is 0.856. The van der Waals surface area contributed by atoms with Crippen molar-refractivity contribution in [3.63, 3.8) is 0 Å². The Hall–Kier alpha value is -2.88. The van der Waals surface area contributed by atoms with E-state index in [0.29, 0.717) is 41.9 Å². The minimum Gasteiger partial charge on any atom is -0.454 e. The number of hydrogen-bond acceptors (Lipinski definition) is 6. The molecule has 0 bridgehead atoms. The van der Waals surface area contributed by atoms with Crippen molar-refractivity contribution in [2.75, 3.05) is 11.9 Å². The smallest absolute Gasteiger partial charge is 0.271 e. The van der Waals surface area contributed by atoms with Crippen molar-refractivity contribution in [2.45, 2.75) is 51.1 Å². The normalized spacial score (nSPS) is 14.7. The first kappa shape index (κ1) is 25.2. The molecule has 1 aliphatic rings. The van der Waals surface area contributed by atoms with Crippen LogP contribution in [0, 0.1) is 5.92 Å². The number of carbonyl (C=O) groups excluding carboxylic acids is 1. The van der Waals surface area contributed by atoms with Gasteiger partial charge in [0.05, 0.1) is 11.2 Å². The third-order valence-electron chi connectivity index (χ3n) is 6.01. The van der Waals surface area contributed by atoms with Crippen LogP contribution in [0.25, 0.3) is 0 Å². The van der Waals surface area contributed by atoms with Crippen LogP contribution in [-0.2, 0) is 11.3 Å². The van der Waals surface area contributed by atoms with Crippen LogP contribution in [0.4, 0.5) is 5.82 Å². The summed E-state index contributed by atoms with van der Waals surface area (Å²) in [6.45, 7) is 0.597. The van der Waals surface area contributed by atoms with Crippen LogP contribution in [0.15, 0.2) is 47.5 Å². The Morgan fingerprint density at radius 2 is 2.06 bits per heavy atom. The van der Waals surface area contributed by atoms with Gasteiger partial charge in [-0.05, 0) is 30.9 Å². The second-order valence-corrected chi connectivity index (χ2v) is 9.35. The van der Waals surface area contributed by atoms with Crippen LogP contribution in [0.3, 0.4) is 0 Å². The maximum atomic E-state index is 13.3. The Balaban J connectivity index is 1.54. The van der Waals surface area contributed by atoms with E-state index >= 15 is 0 Å². The molecule has 1 atom stereocenters. The summed E-state index contributed by atoms with van der Waals surface area (Å²) in [7, 11) is 0. The number of aliphatic hydroxyl groups is 1. The van der Waals surface area contributed by atoms with Crippen molar-refractivity contribution in [1.82, 2.24) is 19.6 Å². The molecule has 2 aromatic heterocycles. The largest absolute Gasteiger partial charge is 0.454 e. The number of amides is 1. The van der Waals surface area contributed by atoms with Crippen LogP contribution >= 0.6 is 23.2 Å². The highest BCUT2D eigenvalue weighted by molar-refractivity contribution is 6.42. The third-order valence-corrected chi connectivity index (χ3v) is 6.81. The molecule has 1 unspecified atom stereocenters. The van der Waals surface area contributed by atoms with E-state index in [2.05, 4.69) is 15.5 Å². The number of aryl methyl sites for hydroxylation is 1. The van der Waals surface area contributed by atoms with Gasteiger partial charge in [0.2, 0.25) is 0 Å². The predicted octanol–water partition coefficient (Wildman–Crippen LogP) is 4.68. The molecule has 9 nitrogen and oxygen atoms in total. The fraction of sp³-hybridized carbons (Fsp3) is 0.417. The zero-order valence-electron chi connectivity index (χ0n) is 19.1. The number of anilines is 1. The Bertz CT molecular complexity index is 1220. The Morgan fingerprint density at radius 3 is 2.80 bits per heavy atom. The molecule has 0 spiro atoms. The molecule has 1 aromatic carbocycles. The Labute approximate surface area is 212 Å². The van der Waals surface area contributed by atoms with E-state index in [0.717, 1.165) is 25.7 Å². The standard InChI is InChI=1S/C24H27Cl2N5O4/c25-18-7-3-8-20(23(18)26)35-17-14-22(33)31(27-15-17)19(13-16-5-1-2-6-16)24(34)28-21-9-11-30(29-21)10-4-12-32/h3,7-9,11,14-16,19,32H,1-2,4-6,10,12-13H2,(H,28,29,34). The summed E-state index contributed by atoms with van der Waals surface area (Å²) in [4.78, 5) is 26.3. The summed E-state index contributed by atoms with van der Waals surface area (Å²) in [6.07, 6.45) is 8.45. The molecule has 3 aromatic rings. The lowest BCUT2D eigenvalue weighted by atomic mass is 9.98. The van der Waals surface area contributed by atoms with E-state index in [4.69, 9.17) is 33.0 Å². The highest BCUT2D eigenvalue weighted by atomic mass is 35.5. The van der Waals surface area contributed by atoms with Gasteiger partial charge >= 0.3 is 0 Å². The van der Waals surface area contributed by atoms with Gasteiger partial charge in [0.25, 0.3) is 11.5 Å². The van der Waals surface area contributed by atoms with E-state index in [1.54, 1.807) is 35.1 Å². The molecule has 1 amide bonds. The van der Waals surface area contributed by atoms with E-state index in [1.807, 2.05) is 0 Å². The highest BCUT2D eigenvalue weighted by Crippen LogP contribution is 2.35. The molecule has 1 aliphatic carbocycles. The minimum absolute atomic E-state index is 0.0584. The first-order valence-electron chi connectivity index (χ1n) is 11.6. The molecule has 0 radical (unpaired) electrons. The Morgan fingerprint density at radius 1 is 1.26 bits per heavy atom.